The highest BCUT2D eigenvalue weighted by Crippen LogP contribution is 2.26. The number of halogens is 1. The summed E-state index contributed by atoms with van der Waals surface area (Å²) in [7, 11) is 0. The van der Waals surface area contributed by atoms with Crippen LogP contribution in [-0.2, 0) is 10.5 Å². The molecule has 2 aromatic carbocycles. The number of hydrogen-bond donors (Lipinski definition) is 1. The second kappa shape index (κ2) is 9.09. The SMILES string of the molecule is O=C(Nc1ccc(N2CCCC2=O)cc1)c1cccnc1SCc1ccc(F)cc1. The Morgan fingerprint density at radius 2 is 1.87 bits per heavy atom. The van der Waals surface area contributed by atoms with E-state index in [-0.39, 0.29) is 17.6 Å². The van der Waals surface area contributed by atoms with Crippen LogP contribution in [0.2, 0.25) is 0 Å². The molecule has 1 N–H and O–H groups in total. The van der Waals surface area contributed by atoms with Gasteiger partial charge in [0.25, 0.3) is 5.91 Å². The Bertz CT molecular complexity index is 1050. The fraction of sp³-hybridized carbons (Fsp3) is 0.174. The first kappa shape index (κ1) is 20.1. The first-order valence-corrected chi connectivity index (χ1v) is 10.6. The van der Waals surface area contributed by atoms with Gasteiger partial charge in [0.05, 0.1) is 5.56 Å². The number of nitrogens with one attached hydrogen (secondary N) is 1. The predicted molar refractivity (Wildman–Crippen MR) is 116 cm³/mol. The number of rotatable bonds is 6. The molecule has 0 aliphatic carbocycles. The Morgan fingerprint density at radius 1 is 1.10 bits per heavy atom. The number of benzene rings is 2. The summed E-state index contributed by atoms with van der Waals surface area (Å²) in [5.74, 6) is 0.178. The Labute approximate surface area is 178 Å². The van der Waals surface area contributed by atoms with Gasteiger partial charge in [0, 0.05) is 36.3 Å². The molecule has 1 aliphatic rings. The molecule has 5 nitrogen and oxygen atoms in total. The third kappa shape index (κ3) is 4.68. The molecule has 3 aromatic rings. The molecule has 0 unspecified atom stereocenters. The normalized spacial score (nSPS) is 13.5. The maximum absolute atomic E-state index is 13.1. The molecule has 30 heavy (non-hydrogen) atoms. The Morgan fingerprint density at radius 3 is 2.57 bits per heavy atom. The number of aromatic nitrogens is 1. The van der Waals surface area contributed by atoms with Crippen LogP contribution in [0.1, 0.15) is 28.8 Å². The van der Waals surface area contributed by atoms with Gasteiger partial charge in [-0.05, 0) is 60.5 Å². The van der Waals surface area contributed by atoms with E-state index in [0.717, 1.165) is 24.2 Å². The topological polar surface area (TPSA) is 62.3 Å². The van der Waals surface area contributed by atoms with Gasteiger partial charge < -0.3 is 10.2 Å². The lowest BCUT2D eigenvalue weighted by Crippen LogP contribution is -2.23. The van der Waals surface area contributed by atoms with Gasteiger partial charge in [0.2, 0.25) is 5.91 Å². The summed E-state index contributed by atoms with van der Waals surface area (Å²) in [5.41, 5.74) is 2.91. The van der Waals surface area contributed by atoms with E-state index in [1.807, 2.05) is 12.1 Å². The molecular formula is C23H20FN3O2S. The van der Waals surface area contributed by atoms with Gasteiger partial charge in [0.15, 0.2) is 0 Å². The van der Waals surface area contributed by atoms with Crippen molar-refractivity contribution in [3.63, 3.8) is 0 Å². The third-order valence-electron chi connectivity index (χ3n) is 4.81. The van der Waals surface area contributed by atoms with E-state index >= 15 is 0 Å². The first-order chi connectivity index (χ1) is 14.6. The lowest BCUT2D eigenvalue weighted by Gasteiger charge is -2.16. The van der Waals surface area contributed by atoms with Crippen LogP contribution in [0.4, 0.5) is 15.8 Å². The maximum atomic E-state index is 13.1. The molecule has 4 rings (SSSR count). The minimum atomic E-state index is -0.276. The van der Waals surface area contributed by atoms with E-state index in [2.05, 4.69) is 10.3 Å². The zero-order valence-electron chi connectivity index (χ0n) is 16.2. The van der Waals surface area contributed by atoms with Crippen molar-refractivity contribution in [2.45, 2.75) is 23.6 Å². The van der Waals surface area contributed by atoms with Gasteiger partial charge in [-0.15, -0.1) is 11.8 Å². The Kier molecular flexibility index (Phi) is 6.09. The van der Waals surface area contributed by atoms with E-state index in [1.54, 1.807) is 47.5 Å². The molecule has 1 aliphatic heterocycles. The zero-order valence-corrected chi connectivity index (χ0v) is 17.0. The van der Waals surface area contributed by atoms with Crippen molar-refractivity contribution in [3.05, 3.63) is 83.8 Å². The molecule has 2 amide bonds. The Balaban J connectivity index is 1.43. The summed E-state index contributed by atoms with van der Waals surface area (Å²) in [6.07, 6.45) is 3.10. The van der Waals surface area contributed by atoms with Crippen LogP contribution < -0.4 is 10.2 Å². The summed E-state index contributed by atoms with van der Waals surface area (Å²) >= 11 is 1.43. The van der Waals surface area contributed by atoms with E-state index in [9.17, 15) is 14.0 Å². The van der Waals surface area contributed by atoms with Crippen LogP contribution in [0.15, 0.2) is 71.9 Å². The van der Waals surface area contributed by atoms with Crippen LogP contribution in [0.25, 0.3) is 0 Å². The quantitative estimate of drug-likeness (QED) is 0.576. The second-order valence-corrected chi connectivity index (χ2v) is 7.89. The molecule has 7 heteroatoms. The molecular weight excluding hydrogens is 401 g/mol. The van der Waals surface area contributed by atoms with Crippen LogP contribution in [0.3, 0.4) is 0 Å². The maximum Gasteiger partial charge on any atom is 0.258 e. The van der Waals surface area contributed by atoms with Crippen molar-refractivity contribution in [3.8, 4) is 0 Å². The van der Waals surface area contributed by atoms with Crippen molar-refractivity contribution in [1.29, 1.82) is 0 Å². The van der Waals surface area contributed by atoms with Crippen molar-refractivity contribution < 1.29 is 14.0 Å². The van der Waals surface area contributed by atoms with Gasteiger partial charge in [-0.25, -0.2) is 9.37 Å². The molecule has 0 radical (unpaired) electrons. The number of carbonyl (C=O) groups is 2. The average molecular weight is 421 g/mol. The first-order valence-electron chi connectivity index (χ1n) is 9.64. The van der Waals surface area contributed by atoms with Gasteiger partial charge in [0.1, 0.15) is 10.8 Å². The molecule has 2 heterocycles. The zero-order chi connectivity index (χ0) is 20.9. The monoisotopic (exact) mass is 421 g/mol. The highest BCUT2D eigenvalue weighted by Gasteiger charge is 2.21. The predicted octanol–water partition coefficient (Wildman–Crippen LogP) is 4.89. The molecule has 1 saturated heterocycles. The summed E-state index contributed by atoms with van der Waals surface area (Å²) in [4.78, 5) is 30.8. The number of carbonyl (C=O) groups excluding carboxylic acids is 2. The van der Waals surface area contributed by atoms with Crippen molar-refractivity contribution >= 4 is 35.0 Å². The molecule has 0 saturated carbocycles. The summed E-state index contributed by atoms with van der Waals surface area (Å²) < 4.78 is 13.1. The van der Waals surface area contributed by atoms with E-state index in [4.69, 9.17) is 0 Å². The highest BCUT2D eigenvalue weighted by molar-refractivity contribution is 7.98. The number of thioether (sulfide) groups is 1. The van der Waals surface area contributed by atoms with Crippen LogP contribution in [0.5, 0.6) is 0 Å². The number of anilines is 2. The number of nitrogens with zero attached hydrogens (tertiary/aromatic N) is 2. The van der Waals surface area contributed by atoms with E-state index in [1.165, 1.54) is 23.9 Å². The lowest BCUT2D eigenvalue weighted by molar-refractivity contribution is -0.117. The van der Waals surface area contributed by atoms with Gasteiger partial charge in [-0.3, -0.25) is 9.59 Å². The smallest absolute Gasteiger partial charge is 0.258 e. The summed E-state index contributed by atoms with van der Waals surface area (Å²) in [6, 6.07) is 17.0. The van der Waals surface area contributed by atoms with E-state index in [0.29, 0.717) is 28.5 Å². The minimum Gasteiger partial charge on any atom is -0.322 e. The summed E-state index contributed by atoms with van der Waals surface area (Å²) in [5, 5.41) is 3.50. The number of hydrogen-bond acceptors (Lipinski definition) is 4. The fourth-order valence-electron chi connectivity index (χ4n) is 3.26. The van der Waals surface area contributed by atoms with Gasteiger partial charge >= 0.3 is 0 Å². The molecule has 152 valence electrons. The molecule has 1 aromatic heterocycles. The minimum absolute atomic E-state index is 0.130. The largest absolute Gasteiger partial charge is 0.322 e. The Hall–Kier alpha value is -3.19. The molecule has 0 bridgehead atoms. The molecule has 0 atom stereocenters. The summed E-state index contributed by atoms with van der Waals surface area (Å²) in [6.45, 7) is 0.731. The van der Waals surface area contributed by atoms with E-state index < -0.39 is 0 Å². The highest BCUT2D eigenvalue weighted by atomic mass is 32.2. The average Bonchev–Trinajstić information content (AvgIpc) is 3.20. The van der Waals surface area contributed by atoms with Crippen LogP contribution in [-0.4, -0.2) is 23.3 Å². The van der Waals surface area contributed by atoms with Crippen LogP contribution >= 0.6 is 11.8 Å². The lowest BCUT2D eigenvalue weighted by atomic mass is 10.2. The van der Waals surface area contributed by atoms with Crippen molar-refractivity contribution in [1.82, 2.24) is 4.98 Å². The molecule has 0 spiro atoms. The number of pyridine rings is 1. The van der Waals surface area contributed by atoms with Gasteiger partial charge in [-0.1, -0.05) is 12.1 Å². The van der Waals surface area contributed by atoms with Crippen LogP contribution in [0, 0.1) is 5.82 Å². The van der Waals surface area contributed by atoms with Crippen molar-refractivity contribution in [2.24, 2.45) is 0 Å². The van der Waals surface area contributed by atoms with Crippen molar-refractivity contribution in [2.75, 3.05) is 16.8 Å². The molecule has 1 fully saturated rings. The van der Waals surface area contributed by atoms with Gasteiger partial charge in [-0.2, -0.15) is 0 Å². The second-order valence-electron chi connectivity index (χ2n) is 6.92. The fourth-order valence-corrected chi connectivity index (χ4v) is 4.20. The third-order valence-corrected chi connectivity index (χ3v) is 5.89. The number of amides is 2. The standard InChI is InChI=1S/C23H20FN3O2S/c24-17-7-5-16(6-8-17)15-30-23-20(3-1-13-25-23)22(29)26-18-9-11-19(12-10-18)27-14-2-4-21(27)28/h1,3,5-13H,2,4,14-15H2,(H,26,29).